The second-order valence-electron chi connectivity index (χ2n) is 8.84. The highest BCUT2D eigenvalue weighted by atomic mass is 16.5. The first-order chi connectivity index (χ1) is 12.2. The smallest absolute Gasteiger partial charge is 0.251 e. The maximum Gasteiger partial charge on any atom is 0.251 e. The number of piperazine rings is 1. The number of carbonyl (C=O) groups is 1. The fraction of sp³-hybridized carbons (Fsp3) is 0.950. The van der Waals surface area contributed by atoms with Crippen LogP contribution in [0.4, 0.5) is 0 Å². The molecule has 1 saturated carbocycles. The number of amides is 1. The molecule has 0 bridgehead atoms. The van der Waals surface area contributed by atoms with Gasteiger partial charge in [-0.1, -0.05) is 19.3 Å². The van der Waals surface area contributed by atoms with Crippen LogP contribution >= 0.6 is 0 Å². The van der Waals surface area contributed by atoms with E-state index in [4.69, 9.17) is 4.74 Å². The third-order valence-electron chi connectivity index (χ3n) is 6.97. The molecule has 0 unspecified atom stereocenters. The Balaban J connectivity index is 1.27. The van der Waals surface area contributed by atoms with Gasteiger partial charge in [0.25, 0.3) is 5.91 Å². The van der Waals surface area contributed by atoms with Crippen LogP contribution in [0.15, 0.2) is 0 Å². The fourth-order valence-corrected chi connectivity index (χ4v) is 5.28. The minimum atomic E-state index is -0.173. The van der Waals surface area contributed by atoms with Gasteiger partial charge in [-0.25, -0.2) is 0 Å². The zero-order chi connectivity index (χ0) is 17.2. The highest BCUT2D eigenvalue weighted by Crippen LogP contribution is 2.35. The molecular weight excluding hydrogens is 314 g/mol. The Bertz CT molecular complexity index is 458. The summed E-state index contributed by atoms with van der Waals surface area (Å²) in [5.74, 6) is 1.75. The van der Waals surface area contributed by atoms with Gasteiger partial charge in [0, 0.05) is 39.3 Å². The molecule has 3 heterocycles. The van der Waals surface area contributed by atoms with Crippen LogP contribution < -0.4 is 0 Å². The van der Waals surface area contributed by atoms with Crippen LogP contribution in [0.5, 0.6) is 0 Å². The summed E-state index contributed by atoms with van der Waals surface area (Å²) in [6.45, 7) is 7.20. The molecule has 4 fully saturated rings. The van der Waals surface area contributed by atoms with Crippen molar-refractivity contribution in [3.63, 3.8) is 0 Å². The Labute approximate surface area is 152 Å². The van der Waals surface area contributed by atoms with Gasteiger partial charge in [-0.05, 0) is 51.1 Å². The normalized spacial score (nSPS) is 35.7. The molecule has 5 heteroatoms. The Hall–Kier alpha value is -0.650. The van der Waals surface area contributed by atoms with Crippen molar-refractivity contribution in [2.24, 2.45) is 11.8 Å². The number of piperidine rings is 1. The summed E-state index contributed by atoms with van der Waals surface area (Å²) in [4.78, 5) is 19.8. The van der Waals surface area contributed by atoms with E-state index in [0.29, 0.717) is 12.0 Å². The third kappa shape index (κ3) is 4.20. The minimum absolute atomic E-state index is 0.173. The summed E-state index contributed by atoms with van der Waals surface area (Å²) in [6.07, 6.45) is 9.38. The van der Waals surface area contributed by atoms with Gasteiger partial charge in [0.15, 0.2) is 0 Å². The molecule has 1 amide bonds. The maximum absolute atomic E-state index is 12.8. The average molecular weight is 350 g/mol. The number of hydrogen-bond donors (Lipinski definition) is 0. The minimum Gasteiger partial charge on any atom is -0.364 e. The van der Waals surface area contributed by atoms with E-state index in [0.717, 1.165) is 45.1 Å². The van der Waals surface area contributed by atoms with Gasteiger partial charge in [-0.15, -0.1) is 0 Å². The van der Waals surface area contributed by atoms with Crippen LogP contribution in [0.2, 0.25) is 0 Å². The Morgan fingerprint density at radius 3 is 2.52 bits per heavy atom. The van der Waals surface area contributed by atoms with Crippen LogP contribution in [0.3, 0.4) is 0 Å². The molecule has 3 aliphatic heterocycles. The van der Waals surface area contributed by atoms with E-state index in [1.165, 1.54) is 51.6 Å². The summed E-state index contributed by atoms with van der Waals surface area (Å²) in [6, 6.07) is 0. The lowest BCUT2D eigenvalue weighted by Crippen LogP contribution is -2.50. The monoisotopic (exact) mass is 349 g/mol. The van der Waals surface area contributed by atoms with E-state index < -0.39 is 0 Å². The summed E-state index contributed by atoms with van der Waals surface area (Å²) in [7, 11) is 2.13. The first-order valence-corrected chi connectivity index (χ1v) is 10.5. The van der Waals surface area contributed by atoms with E-state index in [1.807, 2.05) is 4.90 Å². The van der Waals surface area contributed by atoms with E-state index in [-0.39, 0.29) is 12.0 Å². The molecule has 1 aliphatic carbocycles. The molecule has 5 nitrogen and oxygen atoms in total. The molecule has 0 aromatic heterocycles. The number of carbonyl (C=O) groups excluding carboxylic acids is 1. The maximum atomic E-state index is 12.8. The number of fused-ring (bicyclic) bond motifs is 1. The predicted molar refractivity (Wildman–Crippen MR) is 98.5 cm³/mol. The summed E-state index contributed by atoms with van der Waals surface area (Å²) < 4.78 is 6.28. The van der Waals surface area contributed by atoms with Gasteiger partial charge >= 0.3 is 0 Å². The second kappa shape index (κ2) is 7.93. The van der Waals surface area contributed by atoms with Gasteiger partial charge in [0.1, 0.15) is 6.10 Å². The van der Waals surface area contributed by atoms with Crippen molar-refractivity contribution in [1.82, 2.24) is 14.7 Å². The van der Waals surface area contributed by atoms with Crippen LogP contribution in [0, 0.1) is 11.8 Å². The second-order valence-corrected chi connectivity index (χ2v) is 8.84. The summed E-state index contributed by atoms with van der Waals surface area (Å²) in [5, 5.41) is 0. The largest absolute Gasteiger partial charge is 0.364 e. The molecule has 142 valence electrons. The quantitative estimate of drug-likeness (QED) is 0.779. The molecule has 0 radical (unpaired) electrons. The number of ether oxygens (including phenoxy) is 1. The first kappa shape index (κ1) is 17.7. The summed E-state index contributed by atoms with van der Waals surface area (Å²) in [5.41, 5.74) is 0. The predicted octanol–water partition coefficient (Wildman–Crippen LogP) is 1.82. The van der Waals surface area contributed by atoms with Gasteiger partial charge in [0.05, 0.1) is 6.10 Å². The average Bonchev–Trinajstić information content (AvgIpc) is 3.06. The SMILES string of the molecule is CN1CCN(C(=O)[C@H]2C[C@@H]3CCN(CC4CCCCC4)C[C@H]3O2)CC1. The summed E-state index contributed by atoms with van der Waals surface area (Å²) >= 11 is 0. The standard InChI is InChI=1S/C20H35N3O2/c1-21-9-11-23(12-10-21)20(24)18-13-17-7-8-22(15-19(17)25-18)14-16-5-3-2-4-6-16/h16-19H,2-15H2,1H3/t17-,18+,19+/m0/s1. The Morgan fingerprint density at radius 1 is 1.00 bits per heavy atom. The van der Waals surface area contributed by atoms with Crippen molar-refractivity contribution < 1.29 is 9.53 Å². The van der Waals surface area contributed by atoms with Gasteiger partial charge < -0.3 is 19.4 Å². The highest BCUT2D eigenvalue weighted by molar-refractivity contribution is 5.81. The van der Waals surface area contributed by atoms with Gasteiger partial charge in [0.2, 0.25) is 0 Å². The first-order valence-electron chi connectivity index (χ1n) is 10.5. The molecule has 0 N–H and O–H groups in total. The topological polar surface area (TPSA) is 36.0 Å². The van der Waals surface area contributed by atoms with Crippen LogP contribution in [-0.2, 0) is 9.53 Å². The van der Waals surface area contributed by atoms with E-state index >= 15 is 0 Å². The molecular formula is C20H35N3O2. The van der Waals surface area contributed by atoms with Crippen LogP contribution in [-0.4, -0.2) is 85.7 Å². The van der Waals surface area contributed by atoms with Crippen molar-refractivity contribution in [3.05, 3.63) is 0 Å². The lowest BCUT2D eigenvalue weighted by molar-refractivity contribution is -0.145. The zero-order valence-corrected chi connectivity index (χ0v) is 15.9. The molecule has 3 saturated heterocycles. The molecule has 0 aromatic carbocycles. The molecule has 3 atom stereocenters. The van der Waals surface area contributed by atoms with Crippen LogP contribution in [0.25, 0.3) is 0 Å². The van der Waals surface area contributed by atoms with Crippen molar-refractivity contribution in [2.75, 3.05) is 52.9 Å². The molecule has 4 aliphatic rings. The van der Waals surface area contributed by atoms with E-state index in [9.17, 15) is 4.79 Å². The lowest BCUT2D eigenvalue weighted by atomic mass is 9.87. The number of rotatable bonds is 3. The van der Waals surface area contributed by atoms with Crippen molar-refractivity contribution in [2.45, 2.75) is 57.2 Å². The van der Waals surface area contributed by atoms with E-state index in [1.54, 1.807) is 0 Å². The Kier molecular flexibility index (Phi) is 5.63. The van der Waals surface area contributed by atoms with Crippen molar-refractivity contribution in [1.29, 1.82) is 0 Å². The number of likely N-dealkylation sites (tertiary alicyclic amines) is 1. The van der Waals surface area contributed by atoms with Gasteiger partial charge in [-0.2, -0.15) is 0 Å². The van der Waals surface area contributed by atoms with Crippen LogP contribution in [0.1, 0.15) is 44.9 Å². The molecule has 0 aromatic rings. The molecule has 25 heavy (non-hydrogen) atoms. The molecule has 0 spiro atoms. The fourth-order valence-electron chi connectivity index (χ4n) is 5.28. The number of hydrogen-bond acceptors (Lipinski definition) is 4. The van der Waals surface area contributed by atoms with Crippen molar-refractivity contribution >= 4 is 5.91 Å². The zero-order valence-electron chi connectivity index (χ0n) is 15.9. The lowest BCUT2D eigenvalue weighted by Gasteiger charge is -2.37. The van der Waals surface area contributed by atoms with E-state index in [2.05, 4.69) is 16.8 Å². The number of nitrogens with zero attached hydrogens (tertiary/aromatic N) is 3. The third-order valence-corrected chi connectivity index (χ3v) is 6.97. The molecule has 4 rings (SSSR count). The Morgan fingerprint density at radius 2 is 1.76 bits per heavy atom. The number of likely N-dealkylation sites (N-methyl/N-ethyl adjacent to an activating group) is 1. The van der Waals surface area contributed by atoms with Crippen molar-refractivity contribution in [3.8, 4) is 0 Å². The van der Waals surface area contributed by atoms with Gasteiger partial charge in [-0.3, -0.25) is 4.79 Å². The highest BCUT2D eigenvalue weighted by Gasteiger charge is 2.43.